The van der Waals surface area contributed by atoms with Gasteiger partial charge in [-0.05, 0) is 36.5 Å². The maximum atomic E-state index is 9.20. The highest BCUT2D eigenvalue weighted by molar-refractivity contribution is 4.88. The van der Waals surface area contributed by atoms with Gasteiger partial charge < -0.3 is 15.6 Å². The van der Waals surface area contributed by atoms with Crippen LogP contribution in [0, 0.1) is 17.3 Å². The van der Waals surface area contributed by atoms with Gasteiger partial charge >= 0.3 is 0 Å². The lowest BCUT2D eigenvalue weighted by atomic mass is 9.67. The summed E-state index contributed by atoms with van der Waals surface area (Å²) in [6.45, 7) is 10.5. The Kier molecular flexibility index (Phi) is 7.45. The van der Waals surface area contributed by atoms with E-state index >= 15 is 0 Å². The molecule has 120 valence electrons. The van der Waals surface area contributed by atoms with E-state index in [2.05, 4.69) is 25.7 Å². The maximum absolute atomic E-state index is 9.20. The van der Waals surface area contributed by atoms with Crippen molar-refractivity contribution in [3.63, 3.8) is 0 Å². The Hall–Kier alpha value is -0.160. The fourth-order valence-electron chi connectivity index (χ4n) is 3.27. The Balaban J connectivity index is 2.56. The highest BCUT2D eigenvalue weighted by Gasteiger charge is 2.34. The second-order valence-corrected chi connectivity index (χ2v) is 7.32. The molecule has 1 rings (SSSR count). The summed E-state index contributed by atoms with van der Waals surface area (Å²) in [7, 11) is 1.72. The Bertz CT molecular complexity index is 266. The van der Waals surface area contributed by atoms with Crippen molar-refractivity contribution in [2.75, 3.05) is 40.0 Å². The SMILES string of the molecule is COCCN(CCO)CC1CC(C(C)(C)C)CCC1N. The van der Waals surface area contributed by atoms with E-state index in [4.69, 9.17) is 10.5 Å². The zero-order valence-electron chi connectivity index (χ0n) is 13.8. The molecule has 20 heavy (non-hydrogen) atoms. The minimum atomic E-state index is 0.203. The van der Waals surface area contributed by atoms with E-state index in [9.17, 15) is 5.11 Å². The van der Waals surface area contributed by atoms with Crippen LogP contribution in [-0.4, -0.2) is 56.0 Å². The van der Waals surface area contributed by atoms with Gasteiger partial charge in [-0.2, -0.15) is 0 Å². The van der Waals surface area contributed by atoms with E-state index in [0.717, 1.165) is 25.4 Å². The first-order chi connectivity index (χ1) is 9.38. The summed E-state index contributed by atoms with van der Waals surface area (Å²) < 4.78 is 5.16. The molecule has 4 nitrogen and oxygen atoms in total. The standard InChI is InChI=1S/C16H34N2O2/c1-16(2,3)14-5-6-15(17)13(11-14)12-18(7-9-19)8-10-20-4/h13-15,19H,5-12,17H2,1-4H3. The number of ether oxygens (including phenoxy) is 1. The number of nitrogens with zero attached hydrogens (tertiary/aromatic N) is 1. The molecule has 4 heteroatoms. The van der Waals surface area contributed by atoms with Crippen LogP contribution < -0.4 is 5.73 Å². The molecule has 3 N–H and O–H groups in total. The molecule has 1 aliphatic carbocycles. The fourth-order valence-corrected chi connectivity index (χ4v) is 3.27. The largest absolute Gasteiger partial charge is 0.395 e. The summed E-state index contributed by atoms with van der Waals surface area (Å²) in [5.41, 5.74) is 6.70. The van der Waals surface area contributed by atoms with Crippen LogP contribution in [0.4, 0.5) is 0 Å². The lowest BCUT2D eigenvalue weighted by molar-refractivity contribution is 0.0768. The van der Waals surface area contributed by atoms with Crippen LogP contribution >= 0.6 is 0 Å². The molecule has 0 aromatic heterocycles. The average Bonchev–Trinajstić information content (AvgIpc) is 2.37. The van der Waals surface area contributed by atoms with Crippen LogP contribution in [0.15, 0.2) is 0 Å². The zero-order valence-corrected chi connectivity index (χ0v) is 13.8. The molecule has 0 saturated heterocycles. The lowest BCUT2D eigenvalue weighted by Gasteiger charge is -2.42. The van der Waals surface area contributed by atoms with Crippen LogP contribution in [-0.2, 0) is 4.74 Å². The fraction of sp³-hybridized carbons (Fsp3) is 1.00. The van der Waals surface area contributed by atoms with E-state index < -0.39 is 0 Å². The van der Waals surface area contributed by atoms with E-state index in [1.165, 1.54) is 12.8 Å². The van der Waals surface area contributed by atoms with E-state index in [-0.39, 0.29) is 6.61 Å². The van der Waals surface area contributed by atoms with Gasteiger partial charge in [0.15, 0.2) is 0 Å². The van der Waals surface area contributed by atoms with Crippen molar-refractivity contribution in [3.8, 4) is 0 Å². The second kappa shape index (κ2) is 8.32. The highest BCUT2D eigenvalue weighted by Crippen LogP contribution is 2.40. The molecule has 0 aromatic rings. The van der Waals surface area contributed by atoms with Gasteiger partial charge in [-0.3, -0.25) is 4.90 Å². The lowest BCUT2D eigenvalue weighted by Crippen LogP contribution is -2.46. The highest BCUT2D eigenvalue weighted by atomic mass is 16.5. The normalized spacial score (nSPS) is 28.1. The van der Waals surface area contributed by atoms with Gasteiger partial charge in [0.25, 0.3) is 0 Å². The third-order valence-electron chi connectivity index (χ3n) is 4.79. The minimum absolute atomic E-state index is 0.203. The van der Waals surface area contributed by atoms with Gasteiger partial charge in [0, 0.05) is 32.8 Å². The average molecular weight is 286 g/mol. The van der Waals surface area contributed by atoms with Crippen molar-refractivity contribution in [2.24, 2.45) is 23.0 Å². The Morgan fingerprint density at radius 2 is 1.95 bits per heavy atom. The minimum Gasteiger partial charge on any atom is -0.395 e. The van der Waals surface area contributed by atoms with Gasteiger partial charge in [-0.15, -0.1) is 0 Å². The number of nitrogens with two attached hydrogens (primary N) is 1. The zero-order chi connectivity index (χ0) is 15.2. The van der Waals surface area contributed by atoms with Gasteiger partial charge in [-0.1, -0.05) is 20.8 Å². The first kappa shape index (κ1) is 17.9. The van der Waals surface area contributed by atoms with Crippen LogP contribution in [0.5, 0.6) is 0 Å². The number of aliphatic hydroxyl groups excluding tert-OH is 1. The van der Waals surface area contributed by atoms with E-state index in [1.54, 1.807) is 7.11 Å². The van der Waals surface area contributed by atoms with Crippen molar-refractivity contribution in [2.45, 2.75) is 46.1 Å². The summed E-state index contributed by atoms with van der Waals surface area (Å²) in [5, 5.41) is 9.20. The molecule has 0 amide bonds. The summed E-state index contributed by atoms with van der Waals surface area (Å²) >= 11 is 0. The first-order valence-electron chi connectivity index (χ1n) is 7.96. The van der Waals surface area contributed by atoms with Gasteiger partial charge in [0.1, 0.15) is 0 Å². The molecule has 3 unspecified atom stereocenters. The molecule has 0 bridgehead atoms. The van der Waals surface area contributed by atoms with Gasteiger partial charge in [0.2, 0.25) is 0 Å². The molecule has 0 heterocycles. The third-order valence-corrected chi connectivity index (χ3v) is 4.79. The van der Waals surface area contributed by atoms with E-state index in [0.29, 0.717) is 30.5 Å². The summed E-state index contributed by atoms with van der Waals surface area (Å²) in [6.07, 6.45) is 3.59. The van der Waals surface area contributed by atoms with E-state index in [1.807, 2.05) is 0 Å². The van der Waals surface area contributed by atoms with Gasteiger partial charge in [-0.25, -0.2) is 0 Å². The first-order valence-corrected chi connectivity index (χ1v) is 7.96. The monoisotopic (exact) mass is 286 g/mol. The Morgan fingerprint density at radius 1 is 1.25 bits per heavy atom. The number of hydrogen-bond acceptors (Lipinski definition) is 4. The molecule has 1 aliphatic rings. The molecule has 0 radical (unpaired) electrons. The van der Waals surface area contributed by atoms with Crippen molar-refractivity contribution < 1.29 is 9.84 Å². The Labute approximate surface area is 124 Å². The second-order valence-electron chi connectivity index (χ2n) is 7.32. The molecule has 0 spiro atoms. The van der Waals surface area contributed by atoms with Crippen molar-refractivity contribution in [3.05, 3.63) is 0 Å². The quantitative estimate of drug-likeness (QED) is 0.748. The smallest absolute Gasteiger partial charge is 0.0589 e. The number of hydrogen-bond donors (Lipinski definition) is 2. The number of rotatable bonds is 7. The van der Waals surface area contributed by atoms with Crippen LogP contribution in [0.3, 0.4) is 0 Å². The molecule has 1 fully saturated rings. The van der Waals surface area contributed by atoms with Crippen molar-refractivity contribution in [1.29, 1.82) is 0 Å². The Morgan fingerprint density at radius 3 is 2.50 bits per heavy atom. The molecule has 1 saturated carbocycles. The van der Waals surface area contributed by atoms with Crippen LogP contribution in [0.2, 0.25) is 0 Å². The number of methoxy groups -OCH3 is 1. The molecular formula is C16H34N2O2. The molecule has 0 aliphatic heterocycles. The molecular weight excluding hydrogens is 252 g/mol. The summed E-state index contributed by atoms with van der Waals surface area (Å²) in [5.74, 6) is 1.29. The van der Waals surface area contributed by atoms with Crippen LogP contribution in [0.1, 0.15) is 40.0 Å². The summed E-state index contributed by atoms with van der Waals surface area (Å²) in [4.78, 5) is 2.29. The van der Waals surface area contributed by atoms with Gasteiger partial charge in [0.05, 0.1) is 13.2 Å². The van der Waals surface area contributed by atoms with Crippen molar-refractivity contribution >= 4 is 0 Å². The molecule has 3 atom stereocenters. The maximum Gasteiger partial charge on any atom is 0.0589 e. The third kappa shape index (κ3) is 5.68. The van der Waals surface area contributed by atoms with Crippen molar-refractivity contribution in [1.82, 2.24) is 4.90 Å². The predicted molar refractivity (Wildman–Crippen MR) is 83.7 cm³/mol. The molecule has 0 aromatic carbocycles. The summed E-state index contributed by atoms with van der Waals surface area (Å²) in [6, 6.07) is 0.303. The topological polar surface area (TPSA) is 58.7 Å². The predicted octanol–water partition coefficient (Wildman–Crippen LogP) is 1.72. The number of aliphatic hydroxyl groups is 1. The van der Waals surface area contributed by atoms with Crippen LogP contribution in [0.25, 0.3) is 0 Å².